The molecule has 1 aromatic heterocycles. The van der Waals surface area contributed by atoms with Gasteiger partial charge in [0.25, 0.3) is 5.91 Å². The van der Waals surface area contributed by atoms with Gasteiger partial charge in [0.05, 0.1) is 0 Å². The van der Waals surface area contributed by atoms with E-state index in [-0.39, 0.29) is 5.91 Å². The fourth-order valence-electron chi connectivity index (χ4n) is 2.34. The van der Waals surface area contributed by atoms with Gasteiger partial charge in [-0.1, -0.05) is 54.1 Å². The fourth-order valence-corrected chi connectivity index (χ4v) is 2.34. The normalized spacial score (nSPS) is 10.3. The smallest absolute Gasteiger partial charge is 0.270 e. The SMILES string of the molecule is Cc1cccc(-c2ccc(CNC(=O)c3ccncn3)cc2)c1. The maximum atomic E-state index is 11.9. The number of carbonyl (C=O) groups excluding carboxylic acids is 1. The van der Waals surface area contributed by atoms with Crippen molar-refractivity contribution >= 4 is 5.91 Å². The second kappa shape index (κ2) is 6.83. The van der Waals surface area contributed by atoms with Gasteiger partial charge in [-0.2, -0.15) is 0 Å². The van der Waals surface area contributed by atoms with E-state index in [1.807, 2.05) is 12.1 Å². The average Bonchev–Trinajstić information content (AvgIpc) is 2.61. The number of hydrogen-bond acceptors (Lipinski definition) is 3. The quantitative estimate of drug-likeness (QED) is 0.804. The molecule has 0 unspecified atom stereocenters. The predicted octanol–water partition coefficient (Wildman–Crippen LogP) is 3.38. The second-order valence-corrected chi connectivity index (χ2v) is 5.34. The van der Waals surface area contributed by atoms with Crippen LogP contribution in [0.5, 0.6) is 0 Å². The Morgan fingerprint density at radius 2 is 1.87 bits per heavy atom. The van der Waals surface area contributed by atoms with E-state index in [2.05, 4.69) is 58.6 Å². The lowest BCUT2D eigenvalue weighted by atomic mass is 10.0. The molecular weight excluding hydrogens is 286 g/mol. The molecule has 4 nitrogen and oxygen atoms in total. The molecule has 1 N–H and O–H groups in total. The zero-order valence-corrected chi connectivity index (χ0v) is 12.9. The molecule has 23 heavy (non-hydrogen) atoms. The van der Waals surface area contributed by atoms with Crippen molar-refractivity contribution in [2.45, 2.75) is 13.5 Å². The maximum absolute atomic E-state index is 11.9. The van der Waals surface area contributed by atoms with Crippen LogP contribution in [-0.4, -0.2) is 15.9 Å². The molecule has 0 fully saturated rings. The second-order valence-electron chi connectivity index (χ2n) is 5.34. The highest BCUT2D eigenvalue weighted by Crippen LogP contribution is 2.20. The number of amides is 1. The van der Waals surface area contributed by atoms with Gasteiger partial charge in [0, 0.05) is 12.7 Å². The van der Waals surface area contributed by atoms with Gasteiger partial charge in [-0.15, -0.1) is 0 Å². The van der Waals surface area contributed by atoms with Crippen LogP contribution in [0.2, 0.25) is 0 Å². The monoisotopic (exact) mass is 303 g/mol. The number of hydrogen-bond donors (Lipinski definition) is 1. The van der Waals surface area contributed by atoms with Crippen LogP contribution in [0.15, 0.2) is 67.1 Å². The first kappa shape index (κ1) is 14.9. The van der Waals surface area contributed by atoms with E-state index >= 15 is 0 Å². The largest absolute Gasteiger partial charge is 0.347 e. The third kappa shape index (κ3) is 3.80. The molecule has 0 spiro atoms. The van der Waals surface area contributed by atoms with Gasteiger partial charge in [-0.25, -0.2) is 9.97 Å². The molecule has 0 aliphatic heterocycles. The zero-order valence-electron chi connectivity index (χ0n) is 12.9. The first-order chi connectivity index (χ1) is 11.2. The third-order valence-corrected chi connectivity index (χ3v) is 3.57. The van der Waals surface area contributed by atoms with Crippen LogP contribution < -0.4 is 5.32 Å². The minimum atomic E-state index is -0.199. The molecule has 0 bridgehead atoms. The molecule has 0 radical (unpaired) electrons. The molecular formula is C19H17N3O. The topological polar surface area (TPSA) is 54.9 Å². The van der Waals surface area contributed by atoms with E-state index in [4.69, 9.17) is 0 Å². The van der Waals surface area contributed by atoms with Gasteiger partial charge in [0.1, 0.15) is 12.0 Å². The summed E-state index contributed by atoms with van der Waals surface area (Å²) in [5, 5.41) is 2.85. The summed E-state index contributed by atoms with van der Waals surface area (Å²) in [5.74, 6) is -0.199. The minimum absolute atomic E-state index is 0.199. The minimum Gasteiger partial charge on any atom is -0.347 e. The van der Waals surface area contributed by atoms with Crippen molar-refractivity contribution < 1.29 is 4.79 Å². The van der Waals surface area contributed by atoms with Gasteiger partial charge < -0.3 is 5.32 Å². The molecule has 0 saturated heterocycles. The first-order valence-corrected chi connectivity index (χ1v) is 7.42. The van der Waals surface area contributed by atoms with Crippen LogP contribution in [0.1, 0.15) is 21.6 Å². The average molecular weight is 303 g/mol. The predicted molar refractivity (Wildman–Crippen MR) is 89.8 cm³/mol. The molecule has 3 rings (SSSR count). The molecule has 0 aliphatic carbocycles. The molecule has 1 amide bonds. The summed E-state index contributed by atoms with van der Waals surface area (Å²) >= 11 is 0. The van der Waals surface area contributed by atoms with Crippen molar-refractivity contribution in [1.29, 1.82) is 0 Å². The number of nitrogens with zero attached hydrogens (tertiary/aromatic N) is 2. The lowest BCUT2D eigenvalue weighted by molar-refractivity contribution is 0.0945. The molecule has 3 aromatic rings. The molecule has 1 heterocycles. The van der Waals surface area contributed by atoms with Crippen LogP contribution in [0.4, 0.5) is 0 Å². The summed E-state index contributed by atoms with van der Waals surface area (Å²) < 4.78 is 0. The first-order valence-electron chi connectivity index (χ1n) is 7.42. The Kier molecular flexibility index (Phi) is 4.43. The third-order valence-electron chi connectivity index (χ3n) is 3.57. The van der Waals surface area contributed by atoms with Crippen LogP contribution in [-0.2, 0) is 6.54 Å². The van der Waals surface area contributed by atoms with Crippen LogP contribution >= 0.6 is 0 Å². The highest BCUT2D eigenvalue weighted by atomic mass is 16.1. The molecule has 0 saturated carbocycles. The van der Waals surface area contributed by atoms with E-state index < -0.39 is 0 Å². The Labute approximate surface area is 135 Å². The van der Waals surface area contributed by atoms with Crippen molar-refractivity contribution in [3.05, 3.63) is 83.9 Å². The standard InChI is InChI=1S/C19H17N3O/c1-14-3-2-4-17(11-14)16-7-5-15(6-8-16)12-21-19(23)18-9-10-20-13-22-18/h2-11,13H,12H2,1H3,(H,21,23). The fraction of sp³-hybridized carbons (Fsp3) is 0.105. The molecule has 2 aromatic carbocycles. The summed E-state index contributed by atoms with van der Waals surface area (Å²) in [6.07, 6.45) is 2.92. The molecule has 4 heteroatoms. The van der Waals surface area contributed by atoms with Gasteiger partial charge in [-0.05, 0) is 29.7 Å². The zero-order chi connectivity index (χ0) is 16.1. The van der Waals surface area contributed by atoms with Gasteiger partial charge in [-0.3, -0.25) is 4.79 Å². The van der Waals surface area contributed by atoms with E-state index in [9.17, 15) is 4.79 Å². The summed E-state index contributed by atoms with van der Waals surface area (Å²) in [4.78, 5) is 19.7. The summed E-state index contributed by atoms with van der Waals surface area (Å²) in [7, 11) is 0. The Hall–Kier alpha value is -3.01. The number of carbonyl (C=O) groups is 1. The number of aryl methyl sites for hydroxylation is 1. The van der Waals surface area contributed by atoms with Gasteiger partial charge >= 0.3 is 0 Å². The van der Waals surface area contributed by atoms with Crippen molar-refractivity contribution in [1.82, 2.24) is 15.3 Å². The van der Waals surface area contributed by atoms with E-state index in [0.717, 1.165) is 5.56 Å². The lowest BCUT2D eigenvalue weighted by Crippen LogP contribution is -2.23. The van der Waals surface area contributed by atoms with E-state index in [1.54, 1.807) is 12.3 Å². The number of aromatic nitrogens is 2. The van der Waals surface area contributed by atoms with Crippen LogP contribution in [0, 0.1) is 6.92 Å². The molecule has 114 valence electrons. The van der Waals surface area contributed by atoms with E-state index in [0.29, 0.717) is 12.2 Å². The Bertz CT molecular complexity index is 798. The van der Waals surface area contributed by atoms with Crippen molar-refractivity contribution in [2.75, 3.05) is 0 Å². The number of rotatable bonds is 4. The summed E-state index contributed by atoms with van der Waals surface area (Å²) in [5.41, 5.74) is 5.02. The van der Waals surface area contributed by atoms with Crippen LogP contribution in [0.25, 0.3) is 11.1 Å². The molecule has 0 atom stereocenters. The van der Waals surface area contributed by atoms with Crippen molar-refractivity contribution in [3.63, 3.8) is 0 Å². The van der Waals surface area contributed by atoms with Crippen molar-refractivity contribution in [3.8, 4) is 11.1 Å². The summed E-state index contributed by atoms with van der Waals surface area (Å²) in [6, 6.07) is 18.2. The Balaban J connectivity index is 1.65. The summed E-state index contributed by atoms with van der Waals surface area (Å²) in [6.45, 7) is 2.55. The highest BCUT2D eigenvalue weighted by molar-refractivity contribution is 5.91. The maximum Gasteiger partial charge on any atom is 0.270 e. The van der Waals surface area contributed by atoms with E-state index in [1.165, 1.54) is 23.0 Å². The lowest BCUT2D eigenvalue weighted by Gasteiger charge is -2.07. The molecule has 0 aliphatic rings. The number of nitrogens with one attached hydrogen (secondary N) is 1. The van der Waals surface area contributed by atoms with Crippen molar-refractivity contribution in [2.24, 2.45) is 0 Å². The Morgan fingerprint density at radius 3 is 2.57 bits per heavy atom. The van der Waals surface area contributed by atoms with Gasteiger partial charge in [0.2, 0.25) is 0 Å². The van der Waals surface area contributed by atoms with Gasteiger partial charge in [0.15, 0.2) is 0 Å². The number of benzene rings is 2. The highest BCUT2D eigenvalue weighted by Gasteiger charge is 2.06. The Morgan fingerprint density at radius 1 is 1.04 bits per heavy atom. The van der Waals surface area contributed by atoms with Crippen LogP contribution in [0.3, 0.4) is 0 Å².